The Kier molecular flexibility index (Phi) is 4.60. The van der Waals surface area contributed by atoms with E-state index in [0.717, 1.165) is 16.7 Å². The van der Waals surface area contributed by atoms with Crippen molar-refractivity contribution >= 4 is 21.8 Å². The monoisotopic (exact) mass is 389 g/mol. The van der Waals surface area contributed by atoms with Crippen LogP contribution in [-0.2, 0) is 6.18 Å². The number of aromatic nitrogens is 2. The van der Waals surface area contributed by atoms with Crippen molar-refractivity contribution in [1.29, 1.82) is 0 Å². The number of benzene rings is 1. The van der Waals surface area contributed by atoms with Gasteiger partial charge >= 0.3 is 6.18 Å². The predicted octanol–water partition coefficient (Wildman–Crippen LogP) is 2.68. The molecule has 1 aromatic heterocycles. The quantitative estimate of drug-likeness (QED) is 0.858. The minimum absolute atomic E-state index is 0.00409. The molecule has 0 radical (unpaired) electrons. The average molecular weight is 390 g/mol. The van der Waals surface area contributed by atoms with E-state index in [4.69, 9.17) is 0 Å². The van der Waals surface area contributed by atoms with E-state index in [9.17, 15) is 22.8 Å². The molecule has 0 saturated carbocycles. The highest BCUT2D eigenvalue weighted by molar-refractivity contribution is 9.10. The van der Waals surface area contributed by atoms with E-state index >= 15 is 0 Å². The molecule has 0 spiro atoms. The lowest BCUT2D eigenvalue weighted by Crippen LogP contribution is -2.33. The maximum absolute atomic E-state index is 12.9. The van der Waals surface area contributed by atoms with Crippen molar-refractivity contribution in [3.63, 3.8) is 0 Å². The number of carbonyl (C=O) groups excluding carboxylic acids is 1. The second kappa shape index (κ2) is 6.15. The molecule has 0 bridgehead atoms. The van der Waals surface area contributed by atoms with Crippen LogP contribution < -0.4 is 10.9 Å². The van der Waals surface area contributed by atoms with Crippen molar-refractivity contribution in [2.45, 2.75) is 13.1 Å². The molecular formula is C14H11BrF3N3O2. The standard InChI is InChI=1S/C14H11BrF3N3O2/c1-7-11(15)20-10(12(22)19-2)13(23)21(7)9-5-3-4-8(6-9)14(16,17)18/h3-6H,1-2H3,(H,19,22). The van der Waals surface area contributed by atoms with Gasteiger partial charge < -0.3 is 5.32 Å². The summed E-state index contributed by atoms with van der Waals surface area (Å²) in [5.41, 5.74) is -1.83. The third-order valence-electron chi connectivity index (χ3n) is 3.12. The van der Waals surface area contributed by atoms with Crippen molar-refractivity contribution < 1.29 is 18.0 Å². The van der Waals surface area contributed by atoms with Gasteiger partial charge in [0.15, 0.2) is 5.69 Å². The van der Waals surface area contributed by atoms with Crippen molar-refractivity contribution in [3.8, 4) is 5.69 Å². The summed E-state index contributed by atoms with van der Waals surface area (Å²) in [5.74, 6) is -0.726. The first-order valence-corrected chi connectivity index (χ1v) is 7.15. The summed E-state index contributed by atoms with van der Waals surface area (Å²) in [6, 6.07) is 4.29. The van der Waals surface area contributed by atoms with Gasteiger partial charge in [0.2, 0.25) is 0 Å². The highest BCUT2D eigenvalue weighted by Gasteiger charge is 2.31. The molecule has 1 amide bonds. The zero-order valence-corrected chi connectivity index (χ0v) is 13.6. The van der Waals surface area contributed by atoms with Crippen LogP contribution in [0, 0.1) is 6.92 Å². The molecule has 1 heterocycles. The van der Waals surface area contributed by atoms with Gasteiger partial charge in [0.25, 0.3) is 11.5 Å². The van der Waals surface area contributed by atoms with Crippen LogP contribution in [0.15, 0.2) is 33.7 Å². The van der Waals surface area contributed by atoms with Crippen LogP contribution in [0.3, 0.4) is 0 Å². The van der Waals surface area contributed by atoms with E-state index in [1.807, 2.05) is 0 Å². The summed E-state index contributed by atoms with van der Waals surface area (Å²) in [7, 11) is 1.33. The molecule has 0 aliphatic rings. The highest BCUT2D eigenvalue weighted by atomic mass is 79.9. The Morgan fingerprint density at radius 1 is 1.35 bits per heavy atom. The van der Waals surface area contributed by atoms with Gasteiger partial charge in [0.05, 0.1) is 11.3 Å². The molecule has 0 unspecified atom stereocenters. The average Bonchev–Trinajstić information content (AvgIpc) is 2.50. The second-order valence-corrected chi connectivity index (χ2v) is 5.36. The summed E-state index contributed by atoms with van der Waals surface area (Å²) in [6.07, 6.45) is -4.54. The number of carbonyl (C=O) groups is 1. The van der Waals surface area contributed by atoms with Gasteiger partial charge in [-0.05, 0) is 41.1 Å². The molecular weight excluding hydrogens is 379 g/mol. The van der Waals surface area contributed by atoms with Crippen molar-refractivity contribution in [1.82, 2.24) is 14.9 Å². The van der Waals surface area contributed by atoms with Crippen molar-refractivity contribution in [3.05, 3.63) is 56.2 Å². The van der Waals surface area contributed by atoms with E-state index in [-0.39, 0.29) is 16.0 Å². The van der Waals surface area contributed by atoms with Crippen molar-refractivity contribution in [2.24, 2.45) is 0 Å². The summed E-state index contributed by atoms with van der Waals surface area (Å²) in [5, 5.41) is 2.27. The molecule has 1 aromatic carbocycles. The van der Waals surface area contributed by atoms with Gasteiger partial charge in [0.1, 0.15) is 4.60 Å². The molecule has 23 heavy (non-hydrogen) atoms. The minimum atomic E-state index is -4.54. The van der Waals surface area contributed by atoms with Gasteiger partial charge in [-0.25, -0.2) is 4.98 Å². The molecule has 5 nitrogen and oxygen atoms in total. The number of nitrogens with one attached hydrogen (secondary N) is 1. The third kappa shape index (κ3) is 3.29. The van der Waals surface area contributed by atoms with E-state index in [1.54, 1.807) is 0 Å². The Balaban J connectivity index is 2.76. The van der Waals surface area contributed by atoms with E-state index in [1.165, 1.54) is 26.1 Å². The van der Waals surface area contributed by atoms with Crippen LogP contribution in [-0.4, -0.2) is 22.5 Å². The first-order chi connectivity index (χ1) is 10.7. The van der Waals surface area contributed by atoms with Gasteiger partial charge in [-0.2, -0.15) is 13.2 Å². The zero-order chi connectivity index (χ0) is 17.4. The molecule has 0 saturated heterocycles. The summed E-state index contributed by atoms with van der Waals surface area (Å²) in [6.45, 7) is 1.51. The van der Waals surface area contributed by atoms with E-state index in [0.29, 0.717) is 0 Å². The Morgan fingerprint density at radius 3 is 2.57 bits per heavy atom. The van der Waals surface area contributed by atoms with Crippen LogP contribution >= 0.6 is 15.9 Å². The highest BCUT2D eigenvalue weighted by Crippen LogP contribution is 2.30. The molecule has 9 heteroatoms. The number of alkyl halides is 3. The molecule has 1 N–H and O–H groups in total. The normalized spacial score (nSPS) is 11.4. The molecule has 2 aromatic rings. The molecule has 2 rings (SSSR count). The molecule has 0 atom stereocenters. The fraction of sp³-hybridized carbons (Fsp3) is 0.214. The maximum Gasteiger partial charge on any atom is 0.416 e. The summed E-state index contributed by atoms with van der Waals surface area (Å²) >= 11 is 3.11. The molecule has 122 valence electrons. The van der Waals surface area contributed by atoms with Gasteiger partial charge in [-0.15, -0.1) is 0 Å². The number of amides is 1. The first-order valence-electron chi connectivity index (χ1n) is 6.35. The Labute approximate surface area is 137 Å². The Morgan fingerprint density at radius 2 is 2.00 bits per heavy atom. The minimum Gasteiger partial charge on any atom is -0.354 e. The van der Waals surface area contributed by atoms with E-state index in [2.05, 4.69) is 26.2 Å². The molecule has 0 aliphatic carbocycles. The lowest BCUT2D eigenvalue weighted by Gasteiger charge is -2.14. The van der Waals surface area contributed by atoms with Gasteiger partial charge in [0, 0.05) is 12.7 Å². The summed E-state index contributed by atoms with van der Waals surface area (Å²) in [4.78, 5) is 28.0. The van der Waals surface area contributed by atoms with Crippen LogP contribution in [0.4, 0.5) is 13.2 Å². The summed E-state index contributed by atoms with van der Waals surface area (Å²) < 4.78 is 39.8. The smallest absolute Gasteiger partial charge is 0.354 e. The molecule has 0 aliphatic heterocycles. The fourth-order valence-electron chi connectivity index (χ4n) is 1.98. The van der Waals surface area contributed by atoms with Crippen LogP contribution in [0.25, 0.3) is 5.69 Å². The van der Waals surface area contributed by atoms with Gasteiger partial charge in [-0.1, -0.05) is 6.07 Å². The number of rotatable bonds is 2. The zero-order valence-electron chi connectivity index (χ0n) is 12.0. The number of hydrogen-bond donors (Lipinski definition) is 1. The lowest BCUT2D eigenvalue weighted by atomic mass is 10.2. The number of hydrogen-bond acceptors (Lipinski definition) is 3. The van der Waals surface area contributed by atoms with Crippen LogP contribution in [0.2, 0.25) is 0 Å². The van der Waals surface area contributed by atoms with E-state index < -0.39 is 28.9 Å². The number of nitrogens with zero attached hydrogens (tertiary/aromatic N) is 2. The maximum atomic E-state index is 12.9. The Hall–Kier alpha value is -2.16. The Bertz CT molecular complexity index is 831. The van der Waals surface area contributed by atoms with Crippen LogP contribution in [0.1, 0.15) is 21.7 Å². The third-order valence-corrected chi connectivity index (χ3v) is 3.87. The first kappa shape index (κ1) is 17.2. The van der Waals surface area contributed by atoms with Crippen molar-refractivity contribution in [2.75, 3.05) is 7.05 Å². The van der Waals surface area contributed by atoms with Crippen LogP contribution in [0.5, 0.6) is 0 Å². The lowest BCUT2D eigenvalue weighted by molar-refractivity contribution is -0.137. The fourth-order valence-corrected chi connectivity index (χ4v) is 2.33. The SMILES string of the molecule is CNC(=O)c1nc(Br)c(C)n(-c2cccc(C(F)(F)F)c2)c1=O. The predicted molar refractivity (Wildman–Crippen MR) is 80.7 cm³/mol. The largest absolute Gasteiger partial charge is 0.416 e. The number of halogens is 4. The van der Waals surface area contributed by atoms with Gasteiger partial charge in [-0.3, -0.25) is 14.2 Å². The topological polar surface area (TPSA) is 64.0 Å². The second-order valence-electron chi connectivity index (χ2n) is 4.60. The molecule has 0 fully saturated rings.